The molecule has 2 aromatic carbocycles. The normalized spacial score (nSPS) is 10.4. The minimum absolute atomic E-state index is 0.0506. The van der Waals surface area contributed by atoms with Crippen molar-refractivity contribution in [2.75, 3.05) is 5.43 Å². The summed E-state index contributed by atoms with van der Waals surface area (Å²) in [4.78, 5) is 24.1. The van der Waals surface area contributed by atoms with Gasteiger partial charge in [0.15, 0.2) is 0 Å². The fraction of sp³-hybridized carbons (Fsp3) is 0. The Kier molecular flexibility index (Phi) is 5.90. The summed E-state index contributed by atoms with van der Waals surface area (Å²) in [6, 6.07) is 15.1. The van der Waals surface area contributed by atoms with Gasteiger partial charge in [-0.15, -0.1) is 0 Å². The van der Waals surface area contributed by atoms with Gasteiger partial charge in [-0.25, -0.2) is 4.98 Å². The van der Waals surface area contributed by atoms with E-state index in [9.17, 15) is 20.2 Å². The van der Waals surface area contributed by atoms with Gasteiger partial charge in [0.2, 0.25) is 0 Å². The van der Waals surface area contributed by atoms with Crippen LogP contribution >= 0.6 is 0 Å². The van der Waals surface area contributed by atoms with Crippen molar-refractivity contribution in [3.8, 4) is 17.6 Å². The first-order valence-corrected chi connectivity index (χ1v) is 8.32. The number of nitro benzene ring substituents is 1. The minimum atomic E-state index is -0.584. The van der Waals surface area contributed by atoms with E-state index in [1.165, 1.54) is 30.5 Å². The predicted molar refractivity (Wildman–Crippen MR) is 106 cm³/mol. The molecule has 3 rings (SSSR count). The molecule has 1 heterocycles. The van der Waals surface area contributed by atoms with Gasteiger partial charge in [0.1, 0.15) is 35.1 Å². The van der Waals surface area contributed by atoms with Gasteiger partial charge in [0, 0.05) is 18.2 Å². The lowest BCUT2D eigenvalue weighted by Gasteiger charge is -2.07. The van der Waals surface area contributed by atoms with Gasteiger partial charge in [-0.1, -0.05) is 0 Å². The van der Waals surface area contributed by atoms with Crippen LogP contribution in [0.5, 0.6) is 11.5 Å². The van der Waals surface area contributed by atoms with E-state index >= 15 is 0 Å². The zero-order chi connectivity index (χ0) is 21.5. The molecule has 3 aromatic rings. The topological polar surface area (TPSA) is 157 Å². The molecule has 0 radical (unpaired) electrons. The van der Waals surface area contributed by atoms with Gasteiger partial charge in [0.05, 0.1) is 16.1 Å². The number of hydrogen-bond donors (Lipinski definition) is 1. The van der Waals surface area contributed by atoms with Crippen molar-refractivity contribution >= 4 is 23.4 Å². The predicted octanol–water partition coefficient (Wildman–Crippen LogP) is 4.01. The highest BCUT2D eigenvalue weighted by Gasteiger charge is 2.12. The molecule has 0 aliphatic rings. The highest BCUT2D eigenvalue weighted by atomic mass is 16.6. The van der Waals surface area contributed by atoms with Crippen LogP contribution in [0.1, 0.15) is 11.1 Å². The molecule has 0 aliphatic heterocycles. The number of non-ortho nitro benzene ring substituents is 1. The van der Waals surface area contributed by atoms with Crippen molar-refractivity contribution in [2.45, 2.75) is 0 Å². The highest BCUT2D eigenvalue weighted by molar-refractivity contribution is 5.80. The van der Waals surface area contributed by atoms with Gasteiger partial charge >= 0.3 is 0 Å². The summed E-state index contributed by atoms with van der Waals surface area (Å²) in [7, 11) is 0. The molecule has 0 spiro atoms. The fourth-order valence-corrected chi connectivity index (χ4v) is 2.29. The third-order valence-corrected chi connectivity index (χ3v) is 3.75. The van der Waals surface area contributed by atoms with Crippen LogP contribution in [0.2, 0.25) is 0 Å². The van der Waals surface area contributed by atoms with Crippen molar-refractivity contribution in [2.24, 2.45) is 5.10 Å². The second-order valence-electron chi connectivity index (χ2n) is 5.75. The summed E-state index contributed by atoms with van der Waals surface area (Å²) >= 11 is 0. The van der Waals surface area contributed by atoms with Crippen LogP contribution in [0.15, 0.2) is 65.9 Å². The number of nitro groups is 2. The number of nitriles is 1. The summed E-state index contributed by atoms with van der Waals surface area (Å²) < 4.78 is 5.62. The van der Waals surface area contributed by atoms with Gasteiger partial charge in [-0.05, 0) is 42.0 Å². The van der Waals surface area contributed by atoms with Crippen molar-refractivity contribution in [1.29, 1.82) is 5.26 Å². The largest absolute Gasteiger partial charge is 0.456 e. The maximum atomic E-state index is 10.8. The van der Waals surface area contributed by atoms with Crippen LogP contribution in [-0.4, -0.2) is 21.0 Å². The van der Waals surface area contributed by atoms with Crippen LogP contribution in [0.3, 0.4) is 0 Å². The number of nitrogens with zero attached hydrogens (tertiary/aromatic N) is 5. The zero-order valence-corrected chi connectivity index (χ0v) is 15.1. The maximum absolute atomic E-state index is 10.8. The molecule has 0 unspecified atom stereocenters. The Morgan fingerprint density at radius 2 is 1.73 bits per heavy atom. The number of rotatable bonds is 7. The standard InChI is InChI=1S/C19H12N6O5/c20-10-14-9-15(24(26)27)3-7-18(14)30-17-5-1-13(2-6-17)11-22-23-19-8-4-16(12-21-19)25(28)29/h1-9,11-12H,(H,21,23)/b22-11-. The van der Waals surface area contributed by atoms with Crippen LogP contribution in [-0.2, 0) is 0 Å². The highest BCUT2D eigenvalue weighted by Crippen LogP contribution is 2.28. The average Bonchev–Trinajstić information content (AvgIpc) is 2.75. The maximum Gasteiger partial charge on any atom is 0.287 e. The van der Waals surface area contributed by atoms with E-state index in [0.717, 1.165) is 17.8 Å². The molecular weight excluding hydrogens is 392 g/mol. The Balaban J connectivity index is 1.64. The Morgan fingerprint density at radius 3 is 2.33 bits per heavy atom. The summed E-state index contributed by atoms with van der Waals surface area (Å²) in [5.74, 6) is 0.983. The second-order valence-corrected chi connectivity index (χ2v) is 5.75. The number of benzene rings is 2. The van der Waals surface area contributed by atoms with Gasteiger partial charge in [0.25, 0.3) is 11.4 Å². The number of hydrogen-bond acceptors (Lipinski definition) is 9. The molecule has 0 saturated heterocycles. The van der Waals surface area contributed by atoms with E-state index < -0.39 is 9.85 Å². The summed E-state index contributed by atoms with van der Waals surface area (Å²) in [5, 5.41) is 34.6. The first kappa shape index (κ1) is 19.9. The van der Waals surface area contributed by atoms with Gasteiger partial charge in [-0.2, -0.15) is 10.4 Å². The average molecular weight is 404 g/mol. The third kappa shape index (κ3) is 4.90. The Bertz CT molecular complexity index is 1150. The van der Waals surface area contributed by atoms with Crippen molar-refractivity contribution in [1.82, 2.24) is 4.98 Å². The van der Waals surface area contributed by atoms with Crippen LogP contribution < -0.4 is 10.2 Å². The molecule has 0 bridgehead atoms. The smallest absolute Gasteiger partial charge is 0.287 e. The van der Waals surface area contributed by atoms with Crippen molar-refractivity contribution < 1.29 is 14.6 Å². The lowest BCUT2D eigenvalue weighted by Crippen LogP contribution is -1.95. The molecule has 1 aromatic heterocycles. The molecule has 11 heteroatoms. The monoisotopic (exact) mass is 404 g/mol. The molecule has 0 aliphatic carbocycles. The summed E-state index contributed by atoms with van der Waals surface area (Å²) in [5.41, 5.74) is 3.12. The molecule has 30 heavy (non-hydrogen) atoms. The van der Waals surface area contributed by atoms with E-state index in [2.05, 4.69) is 15.5 Å². The quantitative estimate of drug-likeness (QED) is 0.351. The van der Waals surface area contributed by atoms with E-state index in [1.807, 2.05) is 6.07 Å². The number of nitrogens with one attached hydrogen (secondary N) is 1. The van der Waals surface area contributed by atoms with E-state index in [0.29, 0.717) is 11.6 Å². The molecule has 11 nitrogen and oxygen atoms in total. The van der Waals surface area contributed by atoms with Crippen LogP contribution in [0, 0.1) is 31.6 Å². The number of anilines is 1. The van der Waals surface area contributed by atoms with Crippen molar-refractivity contribution in [3.63, 3.8) is 0 Å². The SMILES string of the molecule is N#Cc1cc([N+](=O)[O-])ccc1Oc1ccc(/C=N\Nc2ccc([N+](=O)[O-])cn2)cc1. The number of pyridine rings is 1. The minimum Gasteiger partial charge on any atom is -0.456 e. The Labute approximate surface area is 169 Å². The molecule has 0 saturated carbocycles. The number of ether oxygens (including phenoxy) is 1. The van der Waals surface area contributed by atoms with Crippen molar-refractivity contribution in [3.05, 3.63) is 92.1 Å². The third-order valence-electron chi connectivity index (χ3n) is 3.75. The molecule has 148 valence electrons. The lowest BCUT2D eigenvalue weighted by molar-refractivity contribution is -0.385. The first-order chi connectivity index (χ1) is 14.5. The molecule has 1 N–H and O–H groups in total. The first-order valence-electron chi connectivity index (χ1n) is 8.32. The number of hydrazone groups is 1. The molecule has 0 atom stereocenters. The second kappa shape index (κ2) is 8.89. The molecule has 0 amide bonds. The Morgan fingerprint density at radius 1 is 1.03 bits per heavy atom. The number of aromatic nitrogens is 1. The van der Waals surface area contributed by atoms with E-state index in [4.69, 9.17) is 10.00 Å². The van der Waals surface area contributed by atoms with E-state index in [1.54, 1.807) is 24.3 Å². The molecule has 0 fully saturated rings. The van der Waals surface area contributed by atoms with Crippen LogP contribution in [0.25, 0.3) is 0 Å². The zero-order valence-electron chi connectivity index (χ0n) is 15.1. The fourth-order valence-electron chi connectivity index (χ4n) is 2.29. The summed E-state index contributed by atoms with van der Waals surface area (Å²) in [6.45, 7) is 0. The lowest BCUT2D eigenvalue weighted by atomic mass is 10.2. The van der Waals surface area contributed by atoms with Gasteiger partial charge < -0.3 is 4.74 Å². The molecular formula is C19H12N6O5. The van der Waals surface area contributed by atoms with E-state index in [-0.39, 0.29) is 22.7 Å². The van der Waals surface area contributed by atoms with Crippen LogP contribution in [0.4, 0.5) is 17.2 Å². The van der Waals surface area contributed by atoms with Gasteiger partial charge in [-0.3, -0.25) is 25.7 Å². The Hall–Kier alpha value is -4.85. The summed E-state index contributed by atoms with van der Waals surface area (Å²) in [6.07, 6.45) is 2.64.